The van der Waals surface area contributed by atoms with Gasteiger partial charge in [-0.3, -0.25) is 0 Å². The molecule has 0 aromatic rings. The third-order valence-electron chi connectivity index (χ3n) is 4.55. The molecule has 0 aromatic heterocycles. The highest BCUT2D eigenvalue weighted by Crippen LogP contribution is 2.31. The first-order valence-electron chi connectivity index (χ1n) is 9.39. The second-order valence-electron chi connectivity index (χ2n) is 7.15. The molecule has 1 fully saturated rings. The zero-order chi connectivity index (χ0) is 14.6. The molecule has 0 N–H and O–H groups in total. The van der Waals surface area contributed by atoms with E-state index in [1.165, 1.54) is 83.5 Å². The van der Waals surface area contributed by atoms with Crippen LogP contribution in [0.2, 0.25) is 0 Å². The molecule has 0 radical (unpaired) electrons. The summed E-state index contributed by atoms with van der Waals surface area (Å²) in [5.74, 6) is 0.878. The van der Waals surface area contributed by atoms with E-state index in [4.69, 9.17) is 4.74 Å². The van der Waals surface area contributed by atoms with Crippen molar-refractivity contribution in [3.63, 3.8) is 0 Å². The summed E-state index contributed by atoms with van der Waals surface area (Å²) >= 11 is 0. The summed E-state index contributed by atoms with van der Waals surface area (Å²) in [6.07, 6.45) is 19.4. The lowest BCUT2D eigenvalue weighted by Crippen LogP contribution is -1.95. The molecule has 0 aliphatic carbocycles. The topological polar surface area (TPSA) is 12.5 Å². The first-order valence-corrected chi connectivity index (χ1v) is 9.39. The molecular formula is C19H38O. The summed E-state index contributed by atoms with van der Waals surface area (Å²) < 4.78 is 5.79. The van der Waals surface area contributed by atoms with Gasteiger partial charge >= 0.3 is 0 Å². The predicted octanol–water partition coefficient (Wildman–Crippen LogP) is 6.50. The van der Waals surface area contributed by atoms with E-state index in [1.807, 2.05) is 0 Å². The van der Waals surface area contributed by atoms with Crippen LogP contribution in [-0.4, -0.2) is 12.2 Å². The lowest BCUT2D eigenvalue weighted by Gasteiger charge is -2.03. The molecule has 1 aliphatic heterocycles. The molecule has 0 spiro atoms. The molecule has 2 unspecified atom stereocenters. The van der Waals surface area contributed by atoms with Crippen LogP contribution < -0.4 is 0 Å². The Balaban J connectivity index is 1.77. The van der Waals surface area contributed by atoms with Gasteiger partial charge in [0.05, 0.1) is 12.2 Å². The molecule has 0 amide bonds. The van der Waals surface area contributed by atoms with Crippen molar-refractivity contribution in [1.29, 1.82) is 0 Å². The largest absolute Gasteiger partial charge is 0.370 e. The Morgan fingerprint density at radius 3 is 1.75 bits per heavy atom. The van der Waals surface area contributed by atoms with Crippen molar-refractivity contribution in [1.82, 2.24) is 0 Å². The molecule has 120 valence electrons. The van der Waals surface area contributed by atoms with Gasteiger partial charge in [-0.25, -0.2) is 0 Å². The number of hydrogen-bond donors (Lipinski definition) is 0. The van der Waals surface area contributed by atoms with Crippen molar-refractivity contribution in [2.75, 3.05) is 0 Å². The highest BCUT2D eigenvalue weighted by Gasteiger charge is 2.36. The number of epoxide rings is 1. The Hall–Kier alpha value is -0.0400. The minimum absolute atomic E-state index is 0.635. The molecule has 1 heteroatoms. The molecule has 1 heterocycles. The highest BCUT2D eigenvalue weighted by molar-refractivity contribution is 4.84. The summed E-state index contributed by atoms with van der Waals surface area (Å²) in [4.78, 5) is 0. The molecule has 1 saturated heterocycles. The van der Waals surface area contributed by atoms with Crippen molar-refractivity contribution in [3.8, 4) is 0 Å². The SMILES string of the molecule is CCCCCCCCC1OC1CCCCCCC(C)C. The van der Waals surface area contributed by atoms with Crippen LogP contribution in [0.3, 0.4) is 0 Å². The molecule has 0 saturated carbocycles. The lowest BCUT2D eigenvalue weighted by atomic mass is 10.0. The maximum Gasteiger partial charge on any atom is 0.0841 e. The maximum absolute atomic E-state index is 5.79. The van der Waals surface area contributed by atoms with E-state index < -0.39 is 0 Å². The van der Waals surface area contributed by atoms with Gasteiger partial charge in [-0.1, -0.05) is 91.4 Å². The summed E-state index contributed by atoms with van der Waals surface area (Å²) in [6, 6.07) is 0. The van der Waals surface area contributed by atoms with Crippen molar-refractivity contribution >= 4 is 0 Å². The average molecular weight is 283 g/mol. The first-order chi connectivity index (χ1) is 9.74. The minimum atomic E-state index is 0.635. The quantitative estimate of drug-likeness (QED) is 0.261. The number of unbranched alkanes of at least 4 members (excludes halogenated alkanes) is 8. The zero-order valence-corrected chi connectivity index (χ0v) is 14.3. The van der Waals surface area contributed by atoms with Crippen molar-refractivity contribution < 1.29 is 4.74 Å². The Morgan fingerprint density at radius 2 is 1.20 bits per heavy atom. The Labute approximate surface area is 127 Å². The molecule has 1 aliphatic rings. The van der Waals surface area contributed by atoms with Gasteiger partial charge in [-0.2, -0.15) is 0 Å². The first kappa shape index (κ1) is 18.0. The number of hydrogen-bond acceptors (Lipinski definition) is 1. The normalized spacial score (nSPS) is 21.6. The van der Waals surface area contributed by atoms with Crippen LogP contribution in [0.25, 0.3) is 0 Å². The van der Waals surface area contributed by atoms with E-state index in [-0.39, 0.29) is 0 Å². The number of rotatable bonds is 14. The van der Waals surface area contributed by atoms with Crippen LogP contribution in [-0.2, 0) is 4.74 Å². The molecule has 2 atom stereocenters. The summed E-state index contributed by atoms with van der Waals surface area (Å²) in [7, 11) is 0. The van der Waals surface area contributed by atoms with E-state index in [9.17, 15) is 0 Å². The standard InChI is InChI=1S/C19H38O/c1-4-5-6-7-8-12-15-18-19(20-18)16-13-10-9-11-14-17(2)3/h17-19H,4-16H2,1-3H3. The van der Waals surface area contributed by atoms with Crippen LogP contribution in [0.15, 0.2) is 0 Å². The van der Waals surface area contributed by atoms with Gasteiger partial charge in [0.2, 0.25) is 0 Å². The van der Waals surface area contributed by atoms with Gasteiger partial charge in [-0.05, 0) is 18.8 Å². The lowest BCUT2D eigenvalue weighted by molar-refractivity contribution is 0.347. The van der Waals surface area contributed by atoms with Gasteiger partial charge in [0.25, 0.3) is 0 Å². The van der Waals surface area contributed by atoms with E-state index in [2.05, 4.69) is 20.8 Å². The zero-order valence-electron chi connectivity index (χ0n) is 14.3. The molecule has 0 bridgehead atoms. The van der Waals surface area contributed by atoms with Gasteiger partial charge < -0.3 is 4.74 Å². The average Bonchev–Trinajstić information content (AvgIpc) is 3.16. The molecular weight excluding hydrogens is 244 g/mol. The Kier molecular flexibility index (Phi) is 10.4. The van der Waals surface area contributed by atoms with Crippen LogP contribution in [0.4, 0.5) is 0 Å². The Morgan fingerprint density at radius 1 is 0.700 bits per heavy atom. The van der Waals surface area contributed by atoms with Gasteiger partial charge in [0.1, 0.15) is 0 Å². The monoisotopic (exact) mass is 282 g/mol. The molecule has 20 heavy (non-hydrogen) atoms. The van der Waals surface area contributed by atoms with Gasteiger partial charge in [0.15, 0.2) is 0 Å². The fraction of sp³-hybridized carbons (Fsp3) is 1.00. The van der Waals surface area contributed by atoms with Crippen LogP contribution in [0.5, 0.6) is 0 Å². The Bertz CT molecular complexity index is 212. The van der Waals surface area contributed by atoms with Crippen molar-refractivity contribution in [2.45, 2.75) is 116 Å². The summed E-state index contributed by atoms with van der Waals surface area (Å²) in [6.45, 7) is 6.93. The summed E-state index contributed by atoms with van der Waals surface area (Å²) in [5.41, 5.74) is 0. The van der Waals surface area contributed by atoms with Crippen LogP contribution in [0, 0.1) is 5.92 Å². The van der Waals surface area contributed by atoms with Crippen molar-refractivity contribution in [3.05, 3.63) is 0 Å². The second-order valence-corrected chi connectivity index (χ2v) is 7.15. The van der Waals surface area contributed by atoms with Gasteiger partial charge in [-0.15, -0.1) is 0 Å². The van der Waals surface area contributed by atoms with E-state index >= 15 is 0 Å². The smallest absolute Gasteiger partial charge is 0.0841 e. The minimum Gasteiger partial charge on any atom is -0.370 e. The van der Waals surface area contributed by atoms with E-state index in [1.54, 1.807) is 0 Å². The maximum atomic E-state index is 5.79. The van der Waals surface area contributed by atoms with E-state index in [0.29, 0.717) is 12.2 Å². The third-order valence-corrected chi connectivity index (χ3v) is 4.55. The predicted molar refractivity (Wildman–Crippen MR) is 89.2 cm³/mol. The molecule has 0 aromatic carbocycles. The van der Waals surface area contributed by atoms with Gasteiger partial charge in [0, 0.05) is 0 Å². The third kappa shape index (κ3) is 9.80. The molecule has 1 rings (SSSR count). The molecule has 1 nitrogen and oxygen atoms in total. The van der Waals surface area contributed by atoms with Crippen LogP contribution in [0.1, 0.15) is 104 Å². The fourth-order valence-electron chi connectivity index (χ4n) is 3.06. The number of ether oxygens (including phenoxy) is 1. The van der Waals surface area contributed by atoms with Crippen LogP contribution >= 0.6 is 0 Å². The fourth-order valence-corrected chi connectivity index (χ4v) is 3.06. The highest BCUT2D eigenvalue weighted by atomic mass is 16.6. The van der Waals surface area contributed by atoms with Crippen molar-refractivity contribution in [2.24, 2.45) is 5.92 Å². The second kappa shape index (κ2) is 11.6. The van der Waals surface area contributed by atoms with E-state index in [0.717, 1.165) is 5.92 Å². The summed E-state index contributed by atoms with van der Waals surface area (Å²) in [5, 5.41) is 0.